The van der Waals surface area contributed by atoms with Gasteiger partial charge in [0.1, 0.15) is 0 Å². The second kappa shape index (κ2) is 5.09. The zero-order chi connectivity index (χ0) is 12.4. The third kappa shape index (κ3) is 2.72. The largest absolute Gasteiger partial charge is 0.298 e. The summed E-state index contributed by atoms with van der Waals surface area (Å²) >= 11 is 0. The molecule has 1 aliphatic heterocycles. The summed E-state index contributed by atoms with van der Waals surface area (Å²) in [7, 11) is 0. The van der Waals surface area contributed by atoms with Crippen LogP contribution in [0.2, 0.25) is 0 Å². The van der Waals surface area contributed by atoms with Gasteiger partial charge in [0.25, 0.3) is 0 Å². The van der Waals surface area contributed by atoms with Crippen LogP contribution in [0.25, 0.3) is 0 Å². The van der Waals surface area contributed by atoms with Crippen LogP contribution in [-0.2, 0) is 6.54 Å². The molecule has 0 amide bonds. The molecule has 1 saturated heterocycles. The highest BCUT2D eigenvalue weighted by Crippen LogP contribution is 2.27. The first-order valence-corrected chi connectivity index (χ1v) is 6.80. The maximum absolute atomic E-state index is 8.90. The number of hydrogen-bond acceptors (Lipinski definition) is 3. The summed E-state index contributed by atoms with van der Waals surface area (Å²) in [5, 5.41) is 8.90. The van der Waals surface area contributed by atoms with E-state index in [4.69, 9.17) is 5.26 Å². The van der Waals surface area contributed by atoms with Gasteiger partial charge in [0.15, 0.2) is 0 Å². The number of piperazine rings is 1. The lowest BCUT2D eigenvalue weighted by Gasteiger charge is -2.34. The van der Waals surface area contributed by atoms with E-state index >= 15 is 0 Å². The molecule has 2 aliphatic rings. The van der Waals surface area contributed by atoms with Gasteiger partial charge in [0, 0.05) is 38.8 Å². The minimum Gasteiger partial charge on any atom is -0.298 e. The van der Waals surface area contributed by atoms with Crippen LogP contribution >= 0.6 is 0 Å². The third-order valence-electron chi connectivity index (χ3n) is 3.93. The first kappa shape index (κ1) is 11.7. The molecule has 1 saturated carbocycles. The van der Waals surface area contributed by atoms with Crippen LogP contribution in [0.5, 0.6) is 0 Å². The molecule has 0 spiro atoms. The molecule has 1 heterocycles. The van der Waals surface area contributed by atoms with Gasteiger partial charge in [0.05, 0.1) is 11.6 Å². The van der Waals surface area contributed by atoms with Crippen LogP contribution in [0.4, 0.5) is 0 Å². The van der Waals surface area contributed by atoms with E-state index in [1.54, 1.807) is 0 Å². The molecule has 3 nitrogen and oxygen atoms in total. The van der Waals surface area contributed by atoms with Crippen molar-refractivity contribution in [3.05, 3.63) is 35.4 Å². The molecule has 0 atom stereocenters. The van der Waals surface area contributed by atoms with Crippen LogP contribution in [0.15, 0.2) is 24.3 Å². The summed E-state index contributed by atoms with van der Waals surface area (Å²) in [6.07, 6.45) is 2.81. The third-order valence-corrected chi connectivity index (χ3v) is 3.93. The number of benzene rings is 1. The molecule has 1 aromatic carbocycles. The Balaban J connectivity index is 1.55. The van der Waals surface area contributed by atoms with Gasteiger partial charge >= 0.3 is 0 Å². The fourth-order valence-electron chi connectivity index (χ4n) is 2.72. The van der Waals surface area contributed by atoms with E-state index in [1.165, 1.54) is 31.5 Å². The maximum atomic E-state index is 8.90. The highest BCUT2D eigenvalue weighted by Gasteiger charge is 2.30. The Morgan fingerprint density at radius 1 is 1.17 bits per heavy atom. The average molecular weight is 241 g/mol. The van der Waals surface area contributed by atoms with Crippen molar-refractivity contribution < 1.29 is 0 Å². The van der Waals surface area contributed by atoms with E-state index in [-0.39, 0.29) is 0 Å². The molecule has 18 heavy (non-hydrogen) atoms. The van der Waals surface area contributed by atoms with Crippen molar-refractivity contribution in [2.75, 3.05) is 26.2 Å². The molecular formula is C15H19N3. The van der Waals surface area contributed by atoms with Crippen LogP contribution in [0.1, 0.15) is 24.0 Å². The summed E-state index contributed by atoms with van der Waals surface area (Å²) < 4.78 is 0. The molecule has 94 valence electrons. The van der Waals surface area contributed by atoms with Crippen LogP contribution in [0.3, 0.4) is 0 Å². The predicted molar refractivity (Wildman–Crippen MR) is 71.0 cm³/mol. The number of nitrogens with zero attached hydrogens (tertiary/aromatic N) is 3. The first-order valence-electron chi connectivity index (χ1n) is 6.80. The zero-order valence-electron chi connectivity index (χ0n) is 10.7. The Labute approximate surface area is 109 Å². The van der Waals surface area contributed by atoms with Crippen molar-refractivity contribution in [2.24, 2.45) is 0 Å². The van der Waals surface area contributed by atoms with Crippen molar-refractivity contribution in [3.63, 3.8) is 0 Å². The van der Waals surface area contributed by atoms with Crippen molar-refractivity contribution in [3.8, 4) is 6.07 Å². The SMILES string of the molecule is N#Cc1cccc(CN2CCN(C3CC3)CC2)c1. The molecule has 0 N–H and O–H groups in total. The highest BCUT2D eigenvalue weighted by molar-refractivity contribution is 5.32. The van der Waals surface area contributed by atoms with E-state index in [0.717, 1.165) is 31.2 Å². The van der Waals surface area contributed by atoms with Gasteiger partial charge in [-0.05, 0) is 30.5 Å². The standard InChI is InChI=1S/C15H19N3/c16-11-13-2-1-3-14(10-13)12-17-6-8-18(9-7-17)15-4-5-15/h1-3,10,15H,4-9,12H2. The number of rotatable bonds is 3. The van der Waals surface area contributed by atoms with E-state index in [0.29, 0.717) is 0 Å². The van der Waals surface area contributed by atoms with Crippen LogP contribution in [-0.4, -0.2) is 42.0 Å². The quantitative estimate of drug-likeness (QED) is 0.809. The summed E-state index contributed by atoms with van der Waals surface area (Å²) in [5.74, 6) is 0. The zero-order valence-corrected chi connectivity index (χ0v) is 10.7. The minimum absolute atomic E-state index is 0.768. The van der Waals surface area contributed by atoms with Gasteiger partial charge in [-0.1, -0.05) is 12.1 Å². The summed E-state index contributed by atoms with van der Waals surface area (Å²) in [6.45, 7) is 5.72. The predicted octanol–water partition coefficient (Wildman–Crippen LogP) is 1.84. The van der Waals surface area contributed by atoms with Gasteiger partial charge in [0.2, 0.25) is 0 Å². The smallest absolute Gasteiger partial charge is 0.0991 e. The van der Waals surface area contributed by atoms with E-state index in [1.807, 2.05) is 18.2 Å². The minimum atomic E-state index is 0.768. The van der Waals surface area contributed by atoms with Crippen molar-refractivity contribution in [1.29, 1.82) is 5.26 Å². The Morgan fingerprint density at radius 2 is 1.94 bits per heavy atom. The molecule has 0 bridgehead atoms. The number of nitriles is 1. The van der Waals surface area contributed by atoms with E-state index in [2.05, 4.69) is 21.9 Å². The van der Waals surface area contributed by atoms with Crippen LogP contribution < -0.4 is 0 Å². The topological polar surface area (TPSA) is 30.3 Å². The number of hydrogen-bond donors (Lipinski definition) is 0. The molecular weight excluding hydrogens is 222 g/mol. The first-order chi connectivity index (χ1) is 8.85. The lowest BCUT2D eigenvalue weighted by Crippen LogP contribution is -2.46. The molecule has 1 aliphatic carbocycles. The van der Waals surface area contributed by atoms with Gasteiger partial charge in [-0.25, -0.2) is 0 Å². The van der Waals surface area contributed by atoms with E-state index in [9.17, 15) is 0 Å². The molecule has 0 radical (unpaired) electrons. The summed E-state index contributed by atoms with van der Waals surface area (Å²) in [4.78, 5) is 5.12. The van der Waals surface area contributed by atoms with Gasteiger partial charge < -0.3 is 0 Å². The summed E-state index contributed by atoms with van der Waals surface area (Å²) in [5.41, 5.74) is 2.03. The molecule has 1 aromatic rings. The Hall–Kier alpha value is -1.37. The van der Waals surface area contributed by atoms with Gasteiger partial charge in [-0.3, -0.25) is 9.80 Å². The maximum Gasteiger partial charge on any atom is 0.0991 e. The highest BCUT2D eigenvalue weighted by atomic mass is 15.3. The van der Waals surface area contributed by atoms with Crippen LogP contribution in [0, 0.1) is 11.3 Å². The van der Waals surface area contributed by atoms with Gasteiger partial charge in [-0.15, -0.1) is 0 Å². The Bertz CT molecular complexity index is 451. The molecule has 2 fully saturated rings. The fourth-order valence-corrected chi connectivity index (χ4v) is 2.72. The monoisotopic (exact) mass is 241 g/mol. The molecule has 0 unspecified atom stereocenters. The molecule has 3 rings (SSSR count). The fraction of sp³-hybridized carbons (Fsp3) is 0.533. The summed E-state index contributed by atoms with van der Waals surface area (Å²) in [6, 6.07) is 11.1. The Kier molecular flexibility index (Phi) is 3.31. The van der Waals surface area contributed by atoms with Crippen molar-refractivity contribution >= 4 is 0 Å². The van der Waals surface area contributed by atoms with Gasteiger partial charge in [-0.2, -0.15) is 5.26 Å². The average Bonchev–Trinajstić information content (AvgIpc) is 3.24. The Morgan fingerprint density at radius 3 is 2.61 bits per heavy atom. The molecule has 3 heteroatoms. The second-order valence-corrected chi connectivity index (χ2v) is 5.36. The second-order valence-electron chi connectivity index (χ2n) is 5.36. The normalized spacial score (nSPS) is 21.7. The lowest BCUT2D eigenvalue weighted by atomic mass is 10.1. The van der Waals surface area contributed by atoms with E-state index < -0.39 is 0 Å². The van der Waals surface area contributed by atoms with Crippen molar-refractivity contribution in [2.45, 2.75) is 25.4 Å². The lowest BCUT2D eigenvalue weighted by molar-refractivity contribution is 0.121. The molecule has 0 aromatic heterocycles. The van der Waals surface area contributed by atoms with Crippen molar-refractivity contribution in [1.82, 2.24) is 9.80 Å².